The number of aromatic nitrogens is 5. The predicted octanol–water partition coefficient (Wildman–Crippen LogP) is 1.46. The summed E-state index contributed by atoms with van der Waals surface area (Å²) in [5.41, 5.74) is 3.03. The molecule has 0 aliphatic carbocycles. The van der Waals surface area contributed by atoms with Gasteiger partial charge in [0, 0.05) is 55.8 Å². The lowest BCUT2D eigenvalue weighted by atomic mass is 10.2. The molecule has 7 heteroatoms. The van der Waals surface area contributed by atoms with Gasteiger partial charge in [0.2, 0.25) is 0 Å². The molecule has 1 aliphatic rings. The van der Waals surface area contributed by atoms with E-state index in [0.717, 1.165) is 54.7 Å². The summed E-state index contributed by atoms with van der Waals surface area (Å²) in [6, 6.07) is 4.04. The van der Waals surface area contributed by atoms with E-state index >= 15 is 0 Å². The Hall–Kier alpha value is -2.70. The van der Waals surface area contributed by atoms with E-state index in [9.17, 15) is 0 Å². The highest BCUT2D eigenvalue weighted by Crippen LogP contribution is 2.22. The molecule has 23 heavy (non-hydrogen) atoms. The zero-order valence-electron chi connectivity index (χ0n) is 13.3. The van der Waals surface area contributed by atoms with E-state index < -0.39 is 0 Å². The summed E-state index contributed by atoms with van der Waals surface area (Å²) in [5, 5.41) is 4.40. The molecule has 0 N–H and O–H groups in total. The molecular formula is C16H19N7. The Bertz CT molecular complexity index is 833. The van der Waals surface area contributed by atoms with Gasteiger partial charge in [-0.15, -0.1) is 0 Å². The SMILES string of the molecule is Cc1cc(N2CCN(c3ncncc3C)CC2)n2nccc2n1. The highest BCUT2D eigenvalue weighted by atomic mass is 15.4. The zero-order valence-corrected chi connectivity index (χ0v) is 13.3. The molecule has 0 bridgehead atoms. The summed E-state index contributed by atoms with van der Waals surface area (Å²) in [7, 11) is 0. The maximum atomic E-state index is 4.51. The fraction of sp³-hybridized carbons (Fsp3) is 0.375. The summed E-state index contributed by atoms with van der Waals surface area (Å²) in [5.74, 6) is 2.14. The van der Waals surface area contributed by atoms with Crippen LogP contribution in [0.4, 0.5) is 11.6 Å². The Labute approximate surface area is 134 Å². The van der Waals surface area contributed by atoms with Crippen molar-refractivity contribution in [2.45, 2.75) is 13.8 Å². The van der Waals surface area contributed by atoms with Crippen molar-refractivity contribution in [3.05, 3.63) is 42.1 Å². The normalized spacial score (nSPS) is 15.4. The van der Waals surface area contributed by atoms with Gasteiger partial charge in [0.05, 0.1) is 6.20 Å². The minimum Gasteiger partial charge on any atom is -0.353 e. The first kappa shape index (κ1) is 13.9. The summed E-state index contributed by atoms with van der Waals surface area (Å²) in [4.78, 5) is 17.7. The summed E-state index contributed by atoms with van der Waals surface area (Å²) in [6.45, 7) is 7.81. The van der Waals surface area contributed by atoms with E-state index in [4.69, 9.17) is 0 Å². The third kappa shape index (κ3) is 2.48. The molecule has 4 rings (SSSR count). The topological polar surface area (TPSA) is 62.5 Å². The Morgan fingerprint density at radius 1 is 1.04 bits per heavy atom. The number of hydrogen-bond acceptors (Lipinski definition) is 6. The molecule has 118 valence electrons. The number of hydrogen-bond donors (Lipinski definition) is 0. The van der Waals surface area contributed by atoms with Gasteiger partial charge in [-0.3, -0.25) is 0 Å². The van der Waals surface area contributed by atoms with E-state index in [-0.39, 0.29) is 0 Å². The highest BCUT2D eigenvalue weighted by molar-refractivity contribution is 5.53. The first-order chi connectivity index (χ1) is 11.2. The van der Waals surface area contributed by atoms with Crippen LogP contribution in [0.15, 0.2) is 30.9 Å². The van der Waals surface area contributed by atoms with Gasteiger partial charge in [-0.05, 0) is 13.8 Å². The Kier molecular flexibility index (Phi) is 3.33. The minimum absolute atomic E-state index is 0.897. The van der Waals surface area contributed by atoms with Crippen LogP contribution in [0.3, 0.4) is 0 Å². The van der Waals surface area contributed by atoms with Crippen molar-refractivity contribution < 1.29 is 0 Å². The minimum atomic E-state index is 0.897. The molecule has 0 saturated carbocycles. The summed E-state index contributed by atoms with van der Waals surface area (Å²) < 4.78 is 1.92. The molecule has 0 radical (unpaired) electrons. The van der Waals surface area contributed by atoms with Gasteiger partial charge in [-0.25, -0.2) is 15.0 Å². The second-order valence-electron chi connectivity index (χ2n) is 5.86. The quantitative estimate of drug-likeness (QED) is 0.714. The molecule has 3 aromatic rings. The zero-order chi connectivity index (χ0) is 15.8. The standard InChI is InChI=1S/C16H19N7/c1-12-10-17-11-18-16(12)22-7-5-21(6-8-22)15-9-13(2)20-14-3-4-19-23(14)15/h3-4,9-11H,5-8H2,1-2H3. The van der Waals surface area contributed by atoms with Gasteiger partial charge < -0.3 is 9.80 Å². The van der Waals surface area contributed by atoms with E-state index in [1.165, 1.54) is 0 Å². The van der Waals surface area contributed by atoms with E-state index in [1.54, 1.807) is 12.5 Å². The Morgan fingerprint density at radius 2 is 1.83 bits per heavy atom. The van der Waals surface area contributed by atoms with Crippen LogP contribution < -0.4 is 9.80 Å². The van der Waals surface area contributed by atoms with Gasteiger partial charge in [0.15, 0.2) is 5.65 Å². The van der Waals surface area contributed by atoms with E-state index in [1.807, 2.05) is 23.7 Å². The highest BCUT2D eigenvalue weighted by Gasteiger charge is 2.21. The van der Waals surface area contributed by atoms with Gasteiger partial charge in [-0.1, -0.05) is 0 Å². The predicted molar refractivity (Wildman–Crippen MR) is 88.9 cm³/mol. The first-order valence-corrected chi connectivity index (χ1v) is 7.80. The monoisotopic (exact) mass is 309 g/mol. The average Bonchev–Trinajstić information content (AvgIpc) is 3.03. The molecule has 0 amide bonds. The smallest absolute Gasteiger partial charge is 0.157 e. The lowest BCUT2D eigenvalue weighted by Crippen LogP contribution is -2.47. The van der Waals surface area contributed by atoms with Crippen LogP contribution in [0.2, 0.25) is 0 Å². The van der Waals surface area contributed by atoms with Gasteiger partial charge in [0.1, 0.15) is 18.0 Å². The van der Waals surface area contributed by atoms with Gasteiger partial charge in [-0.2, -0.15) is 9.61 Å². The Morgan fingerprint density at radius 3 is 2.61 bits per heavy atom. The van der Waals surface area contributed by atoms with Crippen LogP contribution in [0.25, 0.3) is 5.65 Å². The molecule has 4 heterocycles. The Balaban J connectivity index is 1.57. The second kappa shape index (κ2) is 5.49. The van der Waals surface area contributed by atoms with Gasteiger partial charge >= 0.3 is 0 Å². The fourth-order valence-corrected chi connectivity index (χ4v) is 3.11. The van der Waals surface area contributed by atoms with Crippen LogP contribution in [0.5, 0.6) is 0 Å². The molecule has 0 unspecified atom stereocenters. The number of nitrogens with zero attached hydrogens (tertiary/aromatic N) is 7. The molecule has 1 saturated heterocycles. The molecular weight excluding hydrogens is 290 g/mol. The number of aryl methyl sites for hydroxylation is 2. The van der Waals surface area contributed by atoms with Crippen LogP contribution in [0, 0.1) is 13.8 Å². The molecule has 0 aromatic carbocycles. The molecule has 0 atom stereocenters. The van der Waals surface area contributed by atoms with Crippen LogP contribution in [0.1, 0.15) is 11.3 Å². The molecule has 0 spiro atoms. The maximum Gasteiger partial charge on any atom is 0.157 e. The maximum absolute atomic E-state index is 4.51. The number of rotatable bonds is 2. The lowest BCUT2D eigenvalue weighted by molar-refractivity contribution is 0.631. The first-order valence-electron chi connectivity index (χ1n) is 7.80. The summed E-state index contributed by atoms with van der Waals surface area (Å²) in [6.07, 6.45) is 5.29. The number of anilines is 2. The van der Waals surface area contributed by atoms with Crippen LogP contribution in [-0.4, -0.2) is 50.7 Å². The lowest BCUT2D eigenvalue weighted by Gasteiger charge is -2.37. The van der Waals surface area contributed by atoms with Gasteiger partial charge in [0.25, 0.3) is 0 Å². The van der Waals surface area contributed by atoms with Crippen molar-refractivity contribution in [2.24, 2.45) is 0 Å². The molecule has 7 nitrogen and oxygen atoms in total. The van der Waals surface area contributed by atoms with Crippen molar-refractivity contribution in [3.63, 3.8) is 0 Å². The fourth-order valence-electron chi connectivity index (χ4n) is 3.11. The van der Waals surface area contributed by atoms with Crippen molar-refractivity contribution in [1.29, 1.82) is 0 Å². The van der Waals surface area contributed by atoms with Crippen LogP contribution >= 0.6 is 0 Å². The third-order valence-electron chi connectivity index (χ3n) is 4.24. The van der Waals surface area contributed by atoms with Crippen molar-refractivity contribution in [2.75, 3.05) is 36.0 Å². The molecule has 1 fully saturated rings. The van der Waals surface area contributed by atoms with Crippen molar-refractivity contribution in [1.82, 2.24) is 24.6 Å². The molecule has 1 aliphatic heterocycles. The van der Waals surface area contributed by atoms with Crippen molar-refractivity contribution >= 4 is 17.3 Å². The van der Waals surface area contributed by atoms with E-state index in [0.29, 0.717) is 0 Å². The van der Waals surface area contributed by atoms with Crippen molar-refractivity contribution in [3.8, 4) is 0 Å². The largest absolute Gasteiger partial charge is 0.353 e. The average molecular weight is 309 g/mol. The number of piperazine rings is 1. The third-order valence-corrected chi connectivity index (χ3v) is 4.24. The molecule has 3 aromatic heterocycles. The summed E-state index contributed by atoms with van der Waals surface area (Å²) >= 11 is 0. The second-order valence-corrected chi connectivity index (χ2v) is 5.86. The van der Waals surface area contributed by atoms with E-state index in [2.05, 4.69) is 42.8 Å². The number of fused-ring (bicyclic) bond motifs is 1. The van der Waals surface area contributed by atoms with Crippen LogP contribution in [-0.2, 0) is 0 Å².